The molecular weight excluding hydrogens is 452 g/mol. The van der Waals surface area contributed by atoms with Gasteiger partial charge in [0.05, 0.1) is 19.6 Å². The molecular formula is C31H59O5+. The van der Waals surface area contributed by atoms with Crippen molar-refractivity contribution < 1.29 is 23.7 Å². The number of hydrogen-bond donors (Lipinski definition) is 0. The van der Waals surface area contributed by atoms with E-state index in [0.29, 0.717) is 6.42 Å². The van der Waals surface area contributed by atoms with E-state index in [-0.39, 0.29) is 17.4 Å². The Morgan fingerprint density at radius 1 is 0.750 bits per heavy atom. The molecule has 0 saturated heterocycles. The van der Waals surface area contributed by atoms with E-state index in [9.17, 15) is 9.59 Å². The number of carbonyl (C=O) groups excluding carboxylic acids is 2. The Bertz CT molecular complexity index is 487. The van der Waals surface area contributed by atoms with Crippen LogP contribution < -0.4 is 0 Å². The van der Waals surface area contributed by atoms with Gasteiger partial charge in [-0.05, 0) is 32.6 Å². The van der Waals surface area contributed by atoms with Gasteiger partial charge in [-0.3, -0.25) is 9.59 Å². The molecule has 0 heterocycles. The van der Waals surface area contributed by atoms with E-state index in [1.807, 2.05) is 6.92 Å². The van der Waals surface area contributed by atoms with Gasteiger partial charge >= 0.3 is 23.2 Å². The molecule has 0 radical (unpaired) electrons. The number of carbonyl (C=O) groups is 2. The van der Waals surface area contributed by atoms with Crippen LogP contribution in [-0.4, -0.2) is 26.2 Å². The first-order valence-electron chi connectivity index (χ1n) is 14.2. The fourth-order valence-electron chi connectivity index (χ4n) is 3.45. The fraction of sp³-hybridized carbons (Fsp3) is 0.839. The van der Waals surface area contributed by atoms with Crippen LogP contribution in [0.15, 0.2) is 6.08 Å². The second-order valence-electron chi connectivity index (χ2n) is 9.40. The Labute approximate surface area is 224 Å². The molecule has 0 bridgehead atoms. The van der Waals surface area contributed by atoms with Crippen molar-refractivity contribution in [2.75, 3.05) is 14.2 Å². The Kier molecular flexibility index (Phi) is 40.9. The zero-order chi connectivity index (χ0) is 28.5. The monoisotopic (exact) mass is 511 g/mol. The molecule has 5 heteroatoms. The van der Waals surface area contributed by atoms with Crippen molar-refractivity contribution in [3.63, 3.8) is 0 Å². The molecule has 0 amide bonds. The first kappa shape index (κ1) is 41.5. The first-order chi connectivity index (χ1) is 17.3. The maximum atomic E-state index is 11.5. The quantitative estimate of drug-likeness (QED) is 0.0749. The SMILES string of the molecule is CCCCCCC(C)(CC)C(=O)OC.CCCCCCCCC(=O)OC.[C-]#[O+].[CH+]=CCCCCCC. The number of unbranched alkanes of at least 4 members (excludes halogenated alkanes) is 12. The van der Waals surface area contributed by atoms with Crippen LogP contribution in [-0.2, 0) is 23.7 Å². The Balaban J connectivity index is -0.000000213. The van der Waals surface area contributed by atoms with Gasteiger partial charge < -0.3 is 9.47 Å². The van der Waals surface area contributed by atoms with Crippen LogP contribution in [0.25, 0.3) is 0 Å². The molecule has 5 nitrogen and oxygen atoms in total. The molecule has 1 unspecified atom stereocenters. The minimum atomic E-state index is -0.261. The summed E-state index contributed by atoms with van der Waals surface area (Å²) in [5, 5.41) is 0. The van der Waals surface area contributed by atoms with Gasteiger partial charge in [0.1, 0.15) is 0 Å². The summed E-state index contributed by atoms with van der Waals surface area (Å²) in [5.41, 5.74) is -0.261. The molecule has 0 saturated carbocycles. The van der Waals surface area contributed by atoms with E-state index >= 15 is 0 Å². The van der Waals surface area contributed by atoms with Gasteiger partial charge in [-0.15, -0.1) is 0 Å². The molecule has 0 aromatic heterocycles. The Morgan fingerprint density at radius 3 is 1.61 bits per heavy atom. The second kappa shape index (κ2) is 35.5. The maximum Gasteiger partial charge on any atom is 0.201 e. The molecule has 36 heavy (non-hydrogen) atoms. The van der Waals surface area contributed by atoms with Crippen LogP contribution in [0, 0.1) is 18.6 Å². The summed E-state index contributed by atoms with van der Waals surface area (Å²) < 4.78 is 16.9. The topological polar surface area (TPSA) is 72.5 Å². The van der Waals surface area contributed by atoms with Crippen molar-refractivity contribution in [1.82, 2.24) is 0 Å². The number of esters is 2. The molecule has 0 aliphatic heterocycles. The Morgan fingerprint density at radius 2 is 1.19 bits per heavy atom. The van der Waals surface area contributed by atoms with Crippen LogP contribution in [0.5, 0.6) is 0 Å². The van der Waals surface area contributed by atoms with Crippen molar-refractivity contribution >= 4 is 11.9 Å². The minimum Gasteiger partial charge on any atom is -0.0654 e. The molecule has 0 rings (SSSR count). The molecule has 0 aromatic rings. The minimum absolute atomic E-state index is 0.0588. The van der Waals surface area contributed by atoms with E-state index < -0.39 is 0 Å². The number of hydrogen-bond acceptors (Lipinski definition) is 4. The predicted molar refractivity (Wildman–Crippen MR) is 151 cm³/mol. The molecule has 0 fully saturated rings. The molecule has 0 aromatic carbocycles. The maximum absolute atomic E-state index is 11.5. The van der Waals surface area contributed by atoms with Gasteiger partial charge in [0.2, 0.25) is 6.58 Å². The smallest absolute Gasteiger partial charge is 0.0654 e. The molecule has 0 aliphatic carbocycles. The van der Waals surface area contributed by atoms with E-state index in [1.54, 1.807) is 6.08 Å². The van der Waals surface area contributed by atoms with Crippen molar-refractivity contribution in [3.05, 3.63) is 19.3 Å². The van der Waals surface area contributed by atoms with Crippen LogP contribution in [0.3, 0.4) is 0 Å². The van der Waals surface area contributed by atoms with Crippen molar-refractivity contribution in [1.29, 1.82) is 0 Å². The zero-order valence-corrected chi connectivity index (χ0v) is 24.9. The van der Waals surface area contributed by atoms with E-state index in [2.05, 4.69) is 39.1 Å². The molecule has 0 spiro atoms. The second-order valence-corrected chi connectivity index (χ2v) is 9.40. The van der Waals surface area contributed by atoms with Gasteiger partial charge in [-0.25, -0.2) is 0 Å². The van der Waals surface area contributed by atoms with Crippen molar-refractivity contribution in [2.24, 2.45) is 5.41 Å². The first-order valence-corrected chi connectivity index (χ1v) is 14.2. The number of rotatable bonds is 19. The summed E-state index contributed by atoms with van der Waals surface area (Å²) >= 11 is 0. The third kappa shape index (κ3) is 32.3. The molecule has 0 N–H and O–H groups in total. The predicted octanol–water partition coefficient (Wildman–Crippen LogP) is 9.36. The van der Waals surface area contributed by atoms with Crippen LogP contribution >= 0.6 is 0 Å². The van der Waals surface area contributed by atoms with E-state index in [4.69, 9.17) is 16.0 Å². The van der Waals surface area contributed by atoms with Gasteiger partial charge in [-0.2, -0.15) is 0 Å². The number of allylic oxidation sites excluding steroid dienone is 1. The number of methoxy groups -OCH3 is 2. The van der Waals surface area contributed by atoms with Crippen LogP contribution in [0.2, 0.25) is 0 Å². The third-order valence-corrected chi connectivity index (χ3v) is 6.23. The van der Waals surface area contributed by atoms with Gasteiger partial charge in [0.25, 0.3) is 0 Å². The normalized spacial score (nSPS) is 11.1. The number of ether oxygens (including phenoxy) is 2. The summed E-state index contributed by atoms with van der Waals surface area (Å²) in [4.78, 5) is 22.2. The average Bonchev–Trinajstić information content (AvgIpc) is 2.92. The van der Waals surface area contributed by atoms with E-state index in [0.717, 1.165) is 38.5 Å². The summed E-state index contributed by atoms with van der Waals surface area (Å²) in [6.07, 6.45) is 22.7. The standard InChI is InChI=1S/C12H24O2.C10H20O2.C8H15.CO/c1-5-7-8-9-10-12(3,6-2)11(13)14-4;1-3-4-5-6-7-8-9-10(11)12-2;1-3-5-7-8-6-4-2;1-2/h5-10H2,1-4H3;3-9H2,1-2H3;1,3H,4-8H2,2H3;/q;;+1;. The fourth-order valence-corrected chi connectivity index (χ4v) is 3.45. The average molecular weight is 512 g/mol. The summed E-state index contributed by atoms with van der Waals surface area (Å²) in [6, 6.07) is 0. The molecule has 0 aliphatic rings. The summed E-state index contributed by atoms with van der Waals surface area (Å²) in [7, 11) is 2.92. The summed E-state index contributed by atoms with van der Waals surface area (Å²) in [5.74, 6) is -0.137. The Hall–Kier alpha value is -1.67. The van der Waals surface area contributed by atoms with E-state index in [1.165, 1.54) is 84.8 Å². The zero-order valence-electron chi connectivity index (χ0n) is 24.9. The molecule has 1 atom stereocenters. The van der Waals surface area contributed by atoms with Crippen LogP contribution in [0.1, 0.15) is 150 Å². The van der Waals surface area contributed by atoms with Crippen molar-refractivity contribution in [3.8, 4) is 0 Å². The van der Waals surface area contributed by atoms with Crippen LogP contribution in [0.4, 0.5) is 0 Å². The van der Waals surface area contributed by atoms with Crippen molar-refractivity contribution in [2.45, 2.75) is 150 Å². The van der Waals surface area contributed by atoms with Gasteiger partial charge in [0, 0.05) is 12.8 Å². The molecule has 212 valence electrons. The third-order valence-electron chi connectivity index (χ3n) is 6.23. The van der Waals surface area contributed by atoms with Gasteiger partial charge in [0.15, 0.2) is 6.08 Å². The van der Waals surface area contributed by atoms with Gasteiger partial charge in [-0.1, -0.05) is 105 Å². The largest absolute Gasteiger partial charge is 0.201 e. The summed E-state index contributed by atoms with van der Waals surface area (Å²) in [6.45, 7) is 20.4.